The molecule has 3 aromatic carbocycles. The summed E-state index contributed by atoms with van der Waals surface area (Å²) in [5.41, 5.74) is 2.49. The highest BCUT2D eigenvalue weighted by Crippen LogP contribution is 2.23. The number of piperazine rings is 1. The molecule has 0 bridgehead atoms. The maximum Gasteiger partial charge on any atom is 0.209 e. The van der Waals surface area contributed by atoms with Crippen LogP contribution in [-0.4, -0.2) is 53.1 Å². The van der Waals surface area contributed by atoms with E-state index < -0.39 is 0 Å². The summed E-state index contributed by atoms with van der Waals surface area (Å²) in [4.78, 5) is 19.3. The number of fused-ring (bicyclic) bond motifs is 1. The number of imidazole rings is 1. The number of carbonyl (C=O) groups is 1. The number of ether oxygens (including phenoxy) is 1. The molecule has 0 aliphatic carbocycles. The van der Waals surface area contributed by atoms with Crippen LogP contribution in [0.15, 0.2) is 85.5 Å². The summed E-state index contributed by atoms with van der Waals surface area (Å²) in [6, 6.07) is 23.5. The van der Waals surface area contributed by atoms with Crippen LogP contribution in [0.25, 0.3) is 10.8 Å². The second-order valence-electron chi connectivity index (χ2n) is 8.84. The van der Waals surface area contributed by atoms with Gasteiger partial charge in [-0.15, -0.1) is 0 Å². The minimum atomic E-state index is 0.0302. The average molecular weight is 455 g/mol. The minimum absolute atomic E-state index is 0.0302. The number of benzene rings is 3. The van der Waals surface area contributed by atoms with E-state index in [9.17, 15) is 4.79 Å². The van der Waals surface area contributed by atoms with Crippen molar-refractivity contribution in [1.82, 2.24) is 14.5 Å². The molecule has 1 aromatic heterocycles. The molecule has 4 aromatic rings. The SMILES string of the molecule is O=CN1CCN(c2ccc(OC(CCc3ccc4ccccc4c3)Cn3ccnc3)cc2)CC1. The van der Waals surface area contributed by atoms with Crippen molar-refractivity contribution < 1.29 is 9.53 Å². The molecule has 1 amide bonds. The molecule has 1 aliphatic rings. The Labute approximate surface area is 200 Å². The van der Waals surface area contributed by atoms with Gasteiger partial charge in [0.1, 0.15) is 11.9 Å². The Bertz CT molecular complexity index is 1200. The highest BCUT2D eigenvalue weighted by atomic mass is 16.5. The molecule has 0 radical (unpaired) electrons. The molecule has 6 nitrogen and oxygen atoms in total. The summed E-state index contributed by atoms with van der Waals surface area (Å²) in [6.07, 6.45) is 8.45. The van der Waals surface area contributed by atoms with Crippen LogP contribution in [0.1, 0.15) is 12.0 Å². The van der Waals surface area contributed by atoms with Crippen LogP contribution in [0, 0.1) is 0 Å². The van der Waals surface area contributed by atoms with Gasteiger partial charge in [0, 0.05) is 44.3 Å². The Morgan fingerprint density at radius 2 is 1.74 bits per heavy atom. The number of carbonyl (C=O) groups excluding carboxylic acids is 1. The quantitative estimate of drug-likeness (QED) is 0.352. The largest absolute Gasteiger partial charge is 0.489 e. The zero-order valence-electron chi connectivity index (χ0n) is 19.3. The van der Waals surface area contributed by atoms with Gasteiger partial charge in [0.25, 0.3) is 0 Å². The van der Waals surface area contributed by atoms with Gasteiger partial charge in [0.2, 0.25) is 6.41 Å². The molecule has 2 heterocycles. The van der Waals surface area contributed by atoms with Gasteiger partial charge < -0.3 is 19.1 Å². The van der Waals surface area contributed by atoms with Gasteiger partial charge in [-0.05, 0) is 53.4 Å². The van der Waals surface area contributed by atoms with Crippen LogP contribution in [0.3, 0.4) is 0 Å². The number of amides is 1. The lowest BCUT2D eigenvalue weighted by Crippen LogP contribution is -2.45. The molecule has 1 saturated heterocycles. The van der Waals surface area contributed by atoms with Crippen molar-refractivity contribution >= 4 is 22.9 Å². The first-order chi connectivity index (χ1) is 16.8. The Morgan fingerprint density at radius 1 is 0.941 bits per heavy atom. The number of aryl methyl sites for hydroxylation is 1. The lowest BCUT2D eigenvalue weighted by molar-refractivity contribution is -0.118. The normalized spacial score (nSPS) is 14.8. The first-order valence-electron chi connectivity index (χ1n) is 11.9. The third kappa shape index (κ3) is 5.39. The third-order valence-corrected chi connectivity index (χ3v) is 6.51. The van der Waals surface area contributed by atoms with Crippen LogP contribution >= 0.6 is 0 Å². The van der Waals surface area contributed by atoms with Gasteiger partial charge in [-0.25, -0.2) is 4.98 Å². The smallest absolute Gasteiger partial charge is 0.209 e. The van der Waals surface area contributed by atoms with Crippen LogP contribution in [0.5, 0.6) is 5.75 Å². The van der Waals surface area contributed by atoms with Crippen molar-refractivity contribution in [3.63, 3.8) is 0 Å². The van der Waals surface area contributed by atoms with E-state index in [1.807, 2.05) is 17.4 Å². The number of nitrogens with zero attached hydrogens (tertiary/aromatic N) is 4. The lowest BCUT2D eigenvalue weighted by Gasteiger charge is -2.34. The van der Waals surface area contributed by atoms with Crippen LogP contribution in [0.2, 0.25) is 0 Å². The van der Waals surface area contributed by atoms with Gasteiger partial charge >= 0.3 is 0 Å². The Morgan fingerprint density at radius 3 is 2.47 bits per heavy atom. The van der Waals surface area contributed by atoms with Crippen LogP contribution < -0.4 is 9.64 Å². The van der Waals surface area contributed by atoms with E-state index in [1.54, 1.807) is 6.20 Å². The minimum Gasteiger partial charge on any atom is -0.489 e. The average Bonchev–Trinajstić information content (AvgIpc) is 3.41. The maximum atomic E-state index is 11.0. The van der Waals surface area contributed by atoms with E-state index in [1.165, 1.54) is 22.0 Å². The number of rotatable bonds is 9. The molecule has 34 heavy (non-hydrogen) atoms. The Kier molecular flexibility index (Phi) is 6.75. The summed E-state index contributed by atoms with van der Waals surface area (Å²) in [6.45, 7) is 4.00. The van der Waals surface area contributed by atoms with Crippen molar-refractivity contribution in [2.24, 2.45) is 0 Å². The third-order valence-electron chi connectivity index (χ3n) is 6.51. The van der Waals surface area contributed by atoms with Crippen LogP contribution in [0.4, 0.5) is 5.69 Å². The van der Waals surface area contributed by atoms with Gasteiger partial charge in [-0.3, -0.25) is 4.79 Å². The van der Waals surface area contributed by atoms with E-state index in [2.05, 4.69) is 81.2 Å². The van der Waals surface area contributed by atoms with E-state index in [-0.39, 0.29) is 6.10 Å². The molecule has 0 saturated carbocycles. The number of anilines is 1. The van der Waals surface area contributed by atoms with Crippen molar-refractivity contribution in [3.8, 4) is 5.75 Å². The molecule has 5 rings (SSSR count). The summed E-state index contributed by atoms with van der Waals surface area (Å²) < 4.78 is 8.53. The van der Waals surface area contributed by atoms with Crippen molar-refractivity contribution in [2.45, 2.75) is 25.5 Å². The molecular weight excluding hydrogens is 424 g/mol. The molecule has 0 spiro atoms. The van der Waals surface area contributed by atoms with Crippen LogP contribution in [-0.2, 0) is 17.8 Å². The molecule has 1 aliphatic heterocycles. The number of aromatic nitrogens is 2. The number of hydrogen-bond acceptors (Lipinski definition) is 4. The van der Waals surface area contributed by atoms with E-state index >= 15 is 0 Å². The molecule has 6 heteroatoms. The predicted molar refractivity (Wildman–Crippen MR) is 135 cm³/mol. The fourth-order valence-corrected chi connectivity index (χ4v) is 4.55. The second kappa shape index (κ2) is 10.4. The molecular formula is C28H30N4O2. The van der Waals surface area contributed by atoms with E-state index in [0.29, 0.717) is 0 Å². The zero-order chi connectivity index (χ0) is 23.2. The fourth-order valence-electron chi connectivity index (χ4n) is 4.55. The number of hydrogen-bond donors (Lipinski definition) is 0. The molecule has 174 valence electrons. The summed E-state index contributed by atoms with van der Waals surface area (Å²) >= 11 is 0. The molecule has 0 N–H and O–H groups in total. The highest BCUT2D eigenvalue weighted by molar-refractivity contribution is 5.82. The van der Waals surface area contributed by atoms with E-state index in [0.717, 1.165) is 57.7 Å². The Balaban J connectivity index is 1.24. The zero-order valence-corrected chi connectivity index (χ0v) is 19.3. The first-order valence-corrected chi connectivity index (χ1v) is 11.9. The lowest BCUT2D eigenvalue weighted by atomic mass is 10.0. The molecule has 1 unspecified atom stereocenters. The first kappa shape index (κ1) is 22.0. The topological polar surface area (TPSA) is 50.6 Å². The highest BCUT2D eigenvalue weighted by Gasteiger charge is 2.17. The predicted octanol–water partition coefficient (Wildman–Crippen LogP) is 4.40. The monoisotopic (exact) mass is 454 g/mol. The van der Waals surface area contributed by atoms with Crippen molar-refractivity contribution in [2.75, 3.05) is 31.1 Å². The fraction of sp³-hybridized carbons (Fsp3) is 0.286. The van der Waals surface area contributed by atoms with Gasteiger partial charge in [-0.1, -0.05) is 42.5 Å². The van der Waals surface area contributed by atoms with Gasteiger partial charge in [-0.2, -0.15) is 0 Å². The maximum absolute atomic E-state index is 11.0. The Hall–Kier alpha value is -3.80. The second-order valence-corrected chi connectivity index (χ2v) is 8.84. The summed E-state index contributed by atoms with van der Waals surface area (Å²) in [5.74, 6) is 0.874. The summed E-state index contributed by atoms with van der Waals surface area (Å²) in [5, 5.41) is 2.54. The molecule has 1 atom stereocenters. The van der Waals surface area contributed by atoms with Gasteiger partial charge in [0.15, 0.2) is 0 Å². The molecule has 1 fully saturated rings. The van der Waals surface area contributed by atoms with Crippen molar-refractivity contribution in [1.29, 1.82) is 0 Å². The van der Waals surface area contributed by atoms with Gasteiger partial charge in [0.05, 0.1) is 12.9 Å². The standard InChI is InChI=1S/C28H30N4O2/c33-22-30-15-17-32(18-16-30)26-8-11-27(12-9-26)34-28(20-31-14-13-29-21-31)10-6-23-5-7-24-3-1-2-4-25(24)19-23/h1-5,7-9,11-14,19,21-22,28H,6,10,15-18,20H2. The summed E-state index contributed by atoms with van der Waals surface area (Å²) in [7, 11) is 0. The van der Waals surface area contributed by atoms with Crippen molar-refractivity contribution in [3.05, 3.63) is 91.0 Å². The van der Waals surface area contributed by atoms with E-state index in [4.69, 9.17) is 4.74 Å².